The Bertz CT molecular complexity index is 784. The molecule has 0 bridgehead atoms. The lowest BCUT2D eigenvalue weighted by atomic mass is 9.79. The fourth-order valence-electron chi connectivity index (χ4n) is 3.61. The van der Waals surface area contributed by atoms with E-state index < -0.39 is 0 Å². The second kappa shape index (κ2) is 8.05. The number of aryl methyl sites for hydroxylation is 1. The number of benzene rings is 1. The molecule has 4 heteroatoms. The van der Waals surface area contributed by atoms with Crippen LogP contribution >= 0.6 is 11.8 Å². The van der Waals surface area contributed by atoms with E-state index in [0.717, 1.165) is 30.5 Å². The highest BCUT2D eigenvalue weighted by atomic mass is 32.2. The van der Waals surface area contributed by atoms with Gasteiger partial charge in [-0.2, -0.15) is 0 Å². The number of hydrogen-bond donors (Lipinski definition) is 1. The van der Waals surface area contributed by atoms with Gasteiger partial charge in [-0.15, -0.1) is 11.8 Å². The van der Waals surface area contributed by atoms with E-state index >= 15 is 0 Å². The molecular formula is C21H25NO2S. The zero-order valence-electron chi connectivity index (χ0n) is 14.9. The van der Waals surface area contributed by atoms with Gasteiger partial charge in [-0.05, 0) is 62.1 Å². The summed E-state index contributed by atoms with van der Waals surface area (Å²) < 4.78 is 0. The van der Waals surface area contributed by atoms with Gasteiger partial charge in [0, 0.05) is 34.9 Å². The molecule has 0 saturated heterocycles. The van der Waals surface area contributed by atoms with E-state index in [2.05, 4.69) is 35.5 Å². The van der Waals surface area contributed by atoms with Crippen LogP contribution in [0, 0.1) is 12.8 Å². The Balaban J connectivity index is 1.90. The fraction of sp³-hybridized carbons (Fsp3) is 0.429. The van der Waals surface area contributed by atoms with Crippen LogP contribution in [0.1, 0.15) is 54.8 Å². The van der Waals surface area contributed by atoms with Crippen LogP contribution in [0.3, 0.4) is 0 Å². The van der Waals surface area contributed by atoms with Crippen LogP contribution in [-0.4, -0.2) is 17.0 Å². The number of aromatic amines is 1. The highest BCUT2D eigenvalue weighted by molar-refractivity contribution is 7.98. The van der Waals surface area contributed by atoms with Crippen molar-refractivity contribution in [1.82, 2.24) is 4.98 Å². The van der Waals surface area contributed by atoms with Gasteiger partial charge in [-0.3, -0.25) is 9.59 Å². The molecule has 1 aliphatic rings. The normalized spacial score (nSPS) is 16.8. The summed E-state index contributed by atoms with van der Waals surface area (Å²) in [5.41, 5.74) is 2.93. The van der Waals surface area contributed by atoms with E-state index in [-0.39, 0.29) is 11.5 Å². The highest BCUT2D eigenvalue weighted by Gasteiger charge is 2.25. The van der Waals surface area contributed by atoms with Crippen molar-refractivity contribution < 1.29 is 4.79 Å². The van der Waals surface area contributed by atoms with Gasteiger partial charge in [0.1, 0.15) is 5.78 Å². The van der Waals surface area contributed by atoms with Gasteiger partial charge in [0.25, 0.3) is 5.56 Å². The molecule has 132 valence electrons. The van der Waals surface area contributed by atoms with Crippen molar-refractivity contribution in [2.45, 2.75) is 49.8 Å². The summed E-state index contributed by atoms with van der Waals surface area (Å²) in [6.45, 7) is 1.83. The Hall–Kier alpha value is -1.81. The predicted molar refractivity (Wildman–Crippen MR) is 103 cm³/mol. The van der Waals surface area contributed by atoms with Gasteiger partial charge in [-0.1, -0.05) is 18.2 Å². The zero-order valence-corrected chi connectivity index (χ0v) is 15.7. The van der Waals surface area contributed by atoms with Gasteiger partial charge >= 0.3 is 0 Å². The van der Waals surface area contributed by atoms with Crippen LogP contribution in [0.2, 0.25) is 0 Å². The van der Waals surface area contributed by atoms with Crippen LogP contribution in [0.15, 0.2) is 46.1 Å². The summed E-state index contributed by atoms with van der Waals surface area (Å²) in [5.74, 6) is 1.09. The number of thioether (sulfide) groups is 1. The second-order valence-corrected chi connectivity index (χ2v) is 7.85. The topological polar surface area (TPSA) is 49.9 Å². The van der Waals surface area contributed by atoms with Gasteiger partial charge < -0.3 is 4.98 Å². The number of rotatable bonds is 5. The average molecular weight is 356 g/mol. The Morgan fingerprint density at radius 2 is 1.76 bits per heavy atom. The maximum Gasteiger partial charge on any atom is 0.251 e. The molecule has 25 heavy (non-hydrogen) atoms. The van der Waals surface area contributed by atoms with Crippen molar-refractivity contribution in [3.63, 3.8) is 0 Å². The molecule has 0 spiro atoms. The molecule has 1 N–H and O–H groups in total. The molecular weight excluding hydrogens is 330 g/mol. The Morgan fingerprint density at radius 3 is 2.36 bits per heavy atom. The largest absolute Gasteiger partial charge is 0.325 e. The molecule has 0 radical (unpaired) electrons. The number of hydrogen-bond acceptors (Lipinski definition) is 3. The van der Waals surface area contributed by atoms with Crippen LogP contribution in [0.4, 0.5) is 0 Å². The minimum atomic E-state index is -0.0120. The number of carbonyl (C=O) groups is 1. The summed E-state index contributed by atoms with van der Waals surface area (Å²) in [6.07, 6.45) is 6.39. The monoisotopic (exact) mass is 355 g/mol. The molecule has 3 rings (SSSR count). The third-order valence-electron chi connectivity index (χ3n) is 5.25. The number of pyridine rings is 1. The Labute approximate surface area is 153 Å². The number of aromatic nitrogens is 1. The van der Waals surface area contributed by atoms with Gasteiger partial charge in [0.2, 0.25) is 0 Å². The van der Waals surface area contributed by atoms with E-state index in [1.54, 1.807) is 11.8 Å². The first-order valence-electron chi connectivity index (χ1n) is 8.92. The lowest BCUT2D eigenvalue weighted by Gasteiger charge is -2.26. The standard InChI is InChI=1S/C21H25NO2S/c1-14-3-12-20(22-21(14)24)19(13-15-4-8-17(23)9-5-15)16-6-10-18(25-2)11-7-16/h3,6-7,10-12,15,19H,4-5,8-9,13H2,1-2H3,(H,22,24). The van der Waals surface area contributed by atoms with Crippen molar-refractivity contribution in [3.8, 4) is 0 Å². The van der Waals surface area contributed by atoms with Crippen molar-refractivity contribution >= 4 is 17.5 Å². The van der Waals surface area contributed by atoms with Crippen molar-refractivity contribution in [3.05, 3.63) is 63.6 Å². The predicted octanol–water partition coefficient (Wildman–Crippen LogP) is 4.69. The van der Waals surface area contributed by atoms with Crippen LogP contribution < -0.4 is 5.56 Å². The maximum atomic E-state index is 12.1. The van der Waals surface area contributed by atoms with Crippen LogP contribution in [0.5, 0.6) is 0 Å². The van der Waals surface area contributed by atoms with E-state index in [1.807, 2.05) is 19.1 Å². The Kier molecular flexibility index (Phi) is 5.79. The van der Waals surface area contributed by atoms with E-state index in [9.17, 15) is 9.59 Å². The molecule has 2 aromatic rings. The van der Waals surface area contributed by atoms with Gasteiger partial charge in [-0.25, -0.2) is 0 Å². The average Bonchev–Trinajstić information content (AvgIpc) is 2.64. The molecule has 1 saturated carbocycles. The van der Waals surface area contributed by atoms with Crippen LogP contribution in [0.25, 0.3) is 0 Å². The third-order valence-corrected chi connectivity index (χ3v) is 6.00. The van der Waals surface area contributed by atoms with Crippen molar-refractivity contribution in [2.24, 2.45) is 5.92 Å². The molecule has 1 unspecified atom stereocenters. The van der Waals surface area contributed by atoms with Crippen LogP contribution in [-0.2, 0) is 4.79 Å². The lowest BCUT2D eigenvalue weighted by molar-refractivity contribution is -0.121. The SMILES string of the molecule is CSc1ccc(C(CC2CCC(=O)CC2)c2ccc(C)c(=O)[nH]2)cc1. The highest BCUT2D eigenvalue weighted by Crippen LogP contribution is 2.35. The molecule has 1 heterocycles. The molecule has 1 aromatic carbocycles. The lowest BCUT2D eigenvalue weighted by Crippen LogP contribution is -2.19. The van der Waals surface area contributed by atoms with E-state index in [4.69, 9.17) is 0 Å². The number of carbonyl (C=O) groups excluding carboxylic acids is 1. The molecule has 1 fully saturated rings. The van der Waals surface area contributed by atoms with Gasteiger partial charge in [0.05, 0.1) is 0 Å². The molecule has 1 aromatic heterocycles. The molecule has 1 aliphatic carbocycles. The van der Waals surface area contributed by atoms with Crippen molar-refractivity contribution in [2.75, 3.05) is 6.26 Å². The number of nitrogens with one attached hydrogen (secondary N) is 1. The van der Waals surface area contributed by atoms with Gasteiger partial charge in [0.15, 0.2) is 0 Å². The summed E-state index contributed by atoms with van der Waals surface area (Å²) in [7, 11) is 0. The van der Waals surface area contributed by atoms with Crippen molar-refractivity contribution in [1.29, 1.82) is 0 Å². The van der Waals surface area contributed by atoms with E-state index in [0.29, 0.717) is 24.5 Å². The second-order valence-electron chi connectivity index (χ2n) is 6.97. The Morgan fingerprint density at radius 1 is 1.08 bits per heavy atom. The zero-order chi connectivity index (χ0) is 17.8. The third kappa shape index (κ3) is 4.43. The smallest absolute Gasteiger partial charge is 0.251 e. The maximum absolute atomic E-state index is 12.1. The quantitative estimate of drug-likeness (QED) is 0.792. The molecule has 0 aliphatic heterocycles. The summed E-state index contributed by atoms with van der Waals surface area (Å²) in [5, 5.41) is 0. The minimum Gasteiger partial charge on any atom is -0.325 e. The summed E-state index contributed by atoms with van der Waals surface area (Å²) in [6, 6.07) is 12.6. The number of H-pyrrole nitrogens is 1. The first-order chi connectivity index (χ1) is 12.1. The number of Topliss-reactive ketones (excluding diaryl/α,β-unsaturated/α-hetero) is 1. The molecule has 1 atom stereocenters. The fourth-order valence-corrected chi connectivity index (χ4v) is 4.02. The summed E-state index contributed by atoms with van der Waals surface area (Å²) >= 11 is 1.73. The first-order valence-corrected chi connectivity index (χ1v) is 10.1. The molecule has 3 nitrogen and oxygen atoms in total. The minimum absolute atomic E-state index is 0.0120. The first kappa shape index (κ1) is 18.0. The molecule has 0 amide bonds. The summed E-state index contributed by atoms with van der Waals surface area (Å²) in [4.78, 5) is 28.0. The number of ketones is 1. The van der Waals surface area contributed by atoms with E-state index in [1.165, 1.54) is 10.5 Å².